The number of hydrogen-bond acceptors (Lipinski definition) is 6. The molecule has 27 heavy (non-hydrogen) atoms. The van der Waals surface area contributed by atoms with E-state index in [1.807, 2.05) is 37.3 Å². The van der Waals surface area contributed by atoms with Crippen LogP contribution in [0.2, 0.25) is 0 Å². The highest BCUT2D eigenvalue weighted by Crippen LogP contribution is 2.16. The Morgan fingerprint density at radius 1 is 1.00 bits per heavy atom. The number of pyridine rings is 1. The van der Waals surface area contributed by atoms with Crippen molar-refractivity contribution in [3.8, 4) is 11.4 Å². The van der Waals surface area contributed by atoms with E-state index in [-0.39, 0.29) is 11.6 Å². The van der Waals surface area contributed by atoms with Crippen LogP contribution in [0.5, 0.6) is 0 Å². The van der Waals surface area contributed by atoms with E-state index < -0.39 is 0 Å². The maximum atomic E-state index is 12.1. The van der Waals surface area contributed by atoms with Crippen LogP contribution < -0.4 is 10.9 Å². The number of H-pyrrole nitrogens is 1. The molecular formula is C20H18N6O. The summed E-state index contributed by atoms with van der Waals surface area (Å²) in [5, 5.41) is 3.41. The summed E-state index contributed by atoms with van der Waals surface area (Å²) >= 11 is 0. The van der Waals surface area contributed by atoms with Crippen LogP contribution in [0.1, 0.15) is 24.2 Å². The van der Waals surface area contributed by atoms with Gasteiger partial charge < -0.3 is 10.3 Å². The maximum absolute atomic E-state index is 12.1. The Kier molecular flexibility index (Phi) is 4.67. The van der Waals surface area contributed by atoms with Gasteiger partial charge in [0.1, 0.15) is 5.82 Å². The Labute approximate surface area is 155 Å². The molecule has 0 spiro atoms. The molecule has 1 atom stereocenters. The summed E-state index contributed by atoms with van der Waals surface area (Å²) in [7, 11) is 0. The van der Waals surface area contributed by atoms with E-state index in [2.05, 4.69) is 30.2 Å². The lowest BCUT2D eigenvalue weighted by atomic mass is 10.1. The first kappa shape index (κ1) is 17.0. The first-order chi connectivity index (χ1) is 13.2. The number of hydrogen-bond donors (Lipinski definition) is 2. The molecule has 0 amide bonds. The molecule has 0 aliphatic heterocycles. The van der Waals surface area contributed by atoms with Gasteiger partial charge in [0.05, 0.1) is 16.7 Å². The summed E-state index contributed by atoms with van der Waals surface area (Å²) in [6, 6.07) is 11.0. The van der Waals surface area contributed by atoms with Crippen LogP contribution in [0.15, 0.2) is 66.0 Å². The molecular weight excluding hydrogens is 340 g/mol. The summed E-state index contributed by atoms with van der Waals surface area (Å²) in [6.07, 6.45) is 6.71. The molecule has 134 valence electrons. The fourth-order valence-corrected chi connectivity index (χ4v) is 2.84. The first-order valence-electron chi connectivity index (χ1n) is 8.64. The number of aromatic amines is 1. The average Bonchev–Trinajstić information content (AvgIpc) is 2.72. The van der Waals surface area contributed by atoms with Crippen molar-refractivity contribution in [2.75, 3.05) is 0 Å². The number of nitrogens with one attached hydrogen (secondary N) is 2. The van der Waals surface area contributed by atoms with Crippen LogP contribution >= 0.6 is 0 Å². The van der Waals surface area contributed by atoms with Crippen molar-refractivity contribution in [2.45, 2.75) is 19.5 Å². The molecule has 0 saturated carbocycles. The van der Waals surface area contributed by atoms with Crippen LogP contribution in [-0.4, -0.2) is 24.9 Å². The molecule has 0 aliphatic rings. The molecule has 1 aromatic carbocycles. The average molecular weight is 358 g/mol. The lowest BCUT2D eigenvalue weighted by Gasteiger charge is -2.14. The van der Waals surface area contributed by atoms with Crippen molar-refractivity contribution in [1.82, 2.24) is 30.2 Å². The fraction of sp³-hybridized carbons (Fsp3) is 0.150. The highest BCUT2D eigenvalue weighted by molar-refractivity contribution is 5.74. The maximum Gasteiger partial charge on any atom is 0.251 e. The Morgan fingerprint density at radius 3 is 2.59 bits per heavy atom. The Bertz CT molecular complexity index is 1130. The molecule has 1 unspecified atom stereocenters. The summed E-state index contributed by atoms with van der Waals surface area (Å²) in [4.78, 5) is 32.0. The largest absolute Gasteiger partial charge is 0.307 e. The number of fused-ring (bicyclic) bond motifs is 1. The van der Waals surface area contributed by atoms with Crippen LogP contribution in [0.3, 0.4) is 0 Å². The van der Waals surface area contributed by atoms with Gasteiger partial charge in [0.25, 0.3) is 5.56 Å². The third kappa shape index (κ3) is 3.88. The van der Waals surface area contributed by atoms with Crippen molar-refractivity contribution >= 4 is 11.0 Å². The van der Waals surface area contributed by atoms with Crippen LogP contribution in [0.25, 0.3) is 22.4 Å². The molecule has 0 radical (unpaired) electrons. The summed E-state index contributed by atoms with van der Waals surface area (Å²) < 4.78 is 0. The second kappa shape index (κ2) is 7.43. The van der Waals surface area contributed by atoms with Crippen molar-refractivity contribution in [2.24, 2.45) is 0 Å². The third-order valence-electron chi connectivity index (χ3n) is 4.30. The predicted molar refractivity (Wildman–Crippen MR) is 103 cm³/mol. The van der Waals surface area contributed by atoms with Crippen LogP contribution in [0, 0.1) is 0 Å². The lowest BCUT2D eigenvalue weighted by molar-refractivity contribution is 0.560. The zero-order chi connectivity index (χ0) is 18.6. The Hall–Kier alpha value is -3.45. The smallest absolute Gasteiger partial charge is 0.251 e. The van der Waals surface area contributed by atoms with Gasteiger partial charge in [0.15, 0.2) is 0 Å². The highest BCUT2D eigenvalue weighted by atomic mass is 16.1. The Morgan fingerprint density at radius 2 is 1.78 bits per heavy atom. The molecule has 7 heteroatoms. The van der Waals surface area contributed by atoms with E-state index in [4.69, 9.17) is 0 Å². The fourth-order valence-electron chi connectivity index (χ4n) is 2.84. The molecule has 0 bridgehead atoms. The van der Waals surface area contributed by atoms with Crippen LogP contribution in [0.4, 0.5) is 0 Å². The van der Waals surface area contributed by atoms with Gasteiger partial charge in [-0.15, -0.1) is 0 Å². The zero-order valence-corrected chi connectivity index (χ0v) is 14.8. The number of nitrogens with zero attached hydrogens (tertiary/aromatic N) is 4. The van der Waals surface area contributed by atoms with Crippen molar-refractivity contribution in [1.29, 1.82) is 0 Å². The summed E-state index contributed by atoms with van der Waals surface area (Å²) in [5.74, 6) is 0.537. The van der Waals surface area contributed by atoms with Crippen molar-refractivity contribution in [3.05, 3.63) is 82.8 Å². The quantitative estimate of drug-likeness (QED) is 0.569. The number of rotatable bonds is 5. The van der Waals surface area contributed by atoms with Gasteiger partial charge in [-0.05, 0) is 36.8 Å². The lowest BCUT2D eigenvalue weighted by Crippen LogP contribution is -2.22. The van der Waals surface area contributed by atoms with Gasteiger partial charge in [-0.25, -0.2) is 4.98 Å². The second-order valence-electron chi connectivity index (χ2n) is 6.24. The topological polar surface area (TPSA) is 96.5 Å². The summed E-state index contributed by atoms with van der Waals surface area (Å²) in [6.45, 7) is 2.62. The van der Waals surface area contributed by atoms with E-state index in [9.17, 15) is 4.79 Å². The molecule has 2 N–H and O–H groups in total. The molecule has 4 aromatic rings. The van der Waals surface area contributed by atoms with Gasteiger partial charge in [0.2, 0.25) is 0 Å². The normalized spacial score (nSPS) is 12.2. The molecule has 0 aliphatic carbocycles. The minimum atomic E-state index is -0.179. The van der Waals surface area contributed by atoms with E-state index in [0.29, 0.717) is 18.1 Å². The van der Waals surface area contributed by atoms with Gasteiger partial charge in [-0.2, -0.15) is 0 Å². The summed E-state index contributed by atoms with van der Waals surface area (Å²) in [5.41, 5.74) is 4.15. The highest BCUT2D eigenvalue weighted by Gasteiger charge is 2.11. The van der Waals surface area contributed by atoms with E-state index in [1.54, 1.807) is 24.8 Å². The standard InChI is InChI=1S/C20H18N6O/c1-13(24-12-14-2-3-16-18(10-14)23-9-8-22-16)17-11-19(27)26-20(25-17)15-4-6-21-7-5-15/h2-11,13,24H,12H2,1H3,(H,25,26,27). The van der Waals surface area contributed by atoms with Gasteiger partial charge in [-0.1, -0.05) is 6.07 Å². The molecule has 0 saturated heterocycles. The monoisotopic (exact) mass is 358 g/mol. The van der Waals surface area contributed by atoms with E-state index >= 15 is 0 Å². The molecule has 0 fully saturated rings. The van der Waals surface area contributed by atoms with Crippen molar-refractivity contribution in [3.63, 3.8) is 0 Å². The first-order valence-corrected chi connectivity index (χ1v) is 8.64. The zero-order valence-electron chi connectivity index (χ0n) is 14.8. The third-order valence-corrected chi connectivity index (χ3v) is 4.30. The van der Waals surface area contributed by atoms with Crippen LogP contribution in [-0.2, 0) is 6.54 Å². The Balaban J connectivity index is 1.53. The second-order valence-corrected chi connectivity index (χ2v) is 6.24. The van der Waals surface area contributed by atoms with E-state index in [1.165, 1.54) is 6.07 Å². The predicted octanol–water partition coefficient (Wildman–Crippen LogP) is 2.63. The van der Waals surface area contributed by atoms with Gasteiger partial charge in [-0.3, -0.25) is 19.7 Å². The minimum absolute atomic E-state index is 0.0922. The molecule has 3 heterocycles. The van der Waals surface area contributed by atoms with Gasteiger partial charge in [0, 0.05) is 49.0 Å². The molecule has 3 aromatic heterocycles. The molecule has 7 nitrogen and oxygen atoms in total. The van der Waals surface area contributed by atoms with Crippen molar-refractivity contribution < 1.29 is 0 Å². The van der Waals surface area contributed by atoms with E-state index in [0.717, 1.165) is 22.2 Å². The minimum Gasteiger partial charge on any atom is -0.307 e. The van der Waals surface area contributed by atoms with Gasteiger partial charge >= 0.3 is 0 Å². The SMILES string of the molecule is CC(NCc1ccc2nccnc2c1)c1cc(=O)[nH]c(-c2ccncc2)n1. The number of benzene rings is 1. The number of aromatic nitrogens is 5. The molecule has 4 rings (SSSR count).